The fourth-order valence-corrected chi connectivity index (χ4v) is 4.33. The average Bonchev–Trinajstić information content (AvgIpc) is 2.92. The highest BCUT2D eigenvalue weighted by atomic mass is 15.1. The van der Waals surface area contributed by atoms with E-state index >= 15 is 0 Å². The van der Waals surface area contributed by atoms with E-state index in [0.29, 0.717) is 5.92 Å². The number of allylic oxidation sites excluding steroid dienone is 4. The van der Waals surface area contributed by atoms with Crippen LogP contribution in [-0.4, -0.2) is 18.6 Å². The zero-order valence-electron chi connectivity index (χ0n) is 24.5. The summed E-state index contributed by atoms with van der Waals surface area (Å²) in [7, 11) is 1.96. The van der Waals surface area contributed by atoms with Gasteiger partial charge in [-0.25, -0.2) is 0 Å². The second kappa shape index (κ2) is 15.2. The number of rotatable bonds is 16. The van der Waals surface area contributed by atoms with E-state index in [-0.39, 0.29) is 17.5 Å². The van der Waals surface area contributed by atoms with Gasteiger partial charge in [0.15, 0.2) is 0 Å². The molecule has 0 aliphatic heterocycles. The number of hydrogen-bond donors (Lipinski definition) is 3. The van der Waals surface area contributed by atoms with Crippen LogP contribution in [-0.2, 0) is 6.42 Å². The first kappa shape index (κ1) is 30.9. The molecule has 0 aromatic heterocycles. The number of hydrogen-bond acceptors (Lipinski definition) is 3. The van der Waals surface area contributed by atoms with Gasteiger partial charge < -0.3 is 16.0 Å². The van der Waals surface area contributed by atoms with Gasteiger partial charge in [0.05, 0.1) is 11.6 Å². The molecule has 0 fully saturated rings. The highest BCUT2D eigenvalue weighted by molar-refractivity contribution is 5.30. The van der Waals surface area contributed by atoms with Crippen LogP contribution in [0.15, 0.2) is 116 Å². The molecular weight excluding hydrogens is 462 g/mol. The molecule has 38 heavy (non-hydrogen) atoms. The van der Waals surface area contributed by atoms with E-state index in [2.05, 4.69) is 143 Å². The molecule has 3 heteroatoms. The lowest BCUT2D eigenvalue weighted by Gasteiger charge is -2.32. The lowest BCUT2D eigenvalue weighted by atomic mass is 9.86. The fourth-order valence-electron chi connectivity index (χ4n) is 4.33. The molecule has 2 rings (SSSR count). The Morgan fingerprint density at radius 3 is 2.26 bits per heavy atom. The minimum absolute atomic E-state index is 0.0492. The summed E-state index contributed by atoms with van der Waals surface area (Å²) >= 11 is 0. The molecule has 3 unspecified atom stereocenters. The van der Waals surface area contributed by atoms with Crippen LogP contribution in [0.5, 0.6) is 0 Å². The zero-order chi connectivity index (χ0) is 28.1. The van der Waals surface area contributed by atoms with Crippen molar-refractivity contribution in [1.82, 2.24) is 16.0 Å². The summed E-state index contributed by atoms with van der Waals surface area (Å²) in [6, 6.07) is 19.4. The molecule has 3 nitrogen and oxygen atoms in total. The van der Waals surface area contributed by atoms with Crippen LogP contribution >= 0.6 is 0 Å². The van der Waals surface area contributed by atoms with Crippen LogP contribution in [0.2, 0.25) is 0 Å². The van der Waals surface area contributed by atoms with E-state index in [1.165, 1.54) is 16.7 Å². The molecule has 0 saturated heterocycles. The molecule has 2 aromatic carbocycles. The van der Waals surface area contributed by atoms with E-state index in [1.54, 1.807) is 0 Å². The van der Waals surface area contributed by atoms with Gasteiger partial charge in [-0.15, -0.1) is 6.58 Å². The second-order valence-corrected chi connectivity index (χ2v) is 10.7. The maximum atomic E-state index is 4.44. The number of likely N-dealkylation sites (N-methyl/N-ethyl adjacent to an activating group) is 1. The van der Waals surface area contributed by atoms with Gasteiger partial charge in [-0.1, -0.05) is 98.5 Å². The fraction of sp³-hybridized carbons (Fsp3) is 0.371. The van der Waals surface area contributed by atoms with Gasteiger partial charge in [0.25, 0.3) is 0 Å². The first-order valence-electron chi connectivity index (χ1n) is 13.8. The van der Waals surface area contributed by atoms with Gasteiger partial charge in [0, 0.05) is 23.0 Å². The SMILES string of the molecule is C=CC(c1ccc(C)cc1)C(C)/C=C\C(=C/C)NC(=C)C(CCCc1ccccc1)NC(=C)C(C)(C)NC. The molecule has 0 heterocycles. The van der Waals surface area contributed by atoms with Crippen molar-refractivity contribution in [2.75, 3.05) is 7.05 Å². The third-order valence-electron chi connectivity index (χ3n) is 7.43. The lowest BCUT2D eigenvalue weighted by Crippen LogP contribution is -2.47. The summed E-state index contributed by atoms with van der Waals surface area (Å²) in [5, 5.41) is 10.6. The Kier molecular flexibility index (Phi) is 12.4. The summed E-state index contributed by atoms with van der Waals surface area (Å²) in [4.78, 5) is 0. The van der Waals surface area contributed by atoms with E-state index in [4.69, 9.17) is 0 Å². The molecule has 3 atom stereocenters. The van der Waals surface area contributed by atoms with Gasteiger partial charge in [-0.2, -0.15) is 0 Å². The minimum Gasteiger partial charge on any atom is -0.379 e. The Balaban J connectivity index is 2.10. The molecule has 0 bridgehead atoms. The average molecular weight is 512 g/mol. The van der Waals surface area contributed by atoms with Crippen LogP contribution < -0.4 is 16.0 Å². The molecule has 0 aliphatic rings. The molecule has 0 spiro atoms. The lowest BCUT2D eigenvalue weighted by molar-refractivity contribution is 0.432. The topological polar surface area (TPSA) is 36.1 Å². The number of aryl methyl sites for hydroxylation is 2. The van der Waals surface area contributed by atoms with Crippen molar-refractivity contribution >= 4 is 0 Å². The van der Waals surface area contributed by atoms with Crippen LogP contribution in [0.3, 0.4) is 0 Å². The Bertz CT molecular complexity index is 1090. The van der Waals surface area contributed by atoms with E-state index in [9.17, 15) is 0 Å². The molecular formula is C35H49N3. The second-order valence-electron chi connectivity index (χ2n) is 10.7. The number of benzene rings is 2. The van der Waals surface area contributed by atoms with Gasteiger partial charge in [-0.3, -0.25) is 0 Å². The summed E-state index contributed by atoms with van der Waals surface area (Å²) in [6.07, 6.45) is 11.6. The Labute approximate surface area is 232 Å². The molecule has 0 amide bonds. The Hall–Kier alpha value is -3.30. The first-order chi connectivity index (χ1) is 18.1. The van der Waals surface area contributed by atoms with Crippen molar-refractivity contribution in [3.05, 3.63) is 132 Å². The predicted molar refractivity (Wildman–Crippen MR) is 167 cm³/mol. The van der Waals surface area contributed by atoms with Crippen molar-refractivity contribution in [2.24, 2.45) is 5.92 Å². The quantitative estimate of drug-likeness (QED) is 0.158. The van der Waals surface area contributed by atoms with E-state index in [0.717, 1.165) is 36.4 Å². The van der Waals surface area contributed by atoms with Crippen molar-refractivity contribution in [3.63, 3.8) is 0 Å². The third kappa shape index (κ3) is 9.54. The Morgan fingerprint density at radius 2 is 1.68 bits per heavy atom. The van der Waals surface area contributed by atoms with E-state index in [1.807, 2.05) is 13.1 Å². The molecule has 0 saturated carbocycles. The van der Waals surface area contributed by atoms with Crippen LogP contribution in [0.4, 0.5) is 0 Å². The number of nitrogens with one attached hydrogen (secondary N) is 3. The summed E-state index contributed by atoms with van der Waals surface area (Å²) in [6.45, 7) is 23.5. The van der Waals surface area contributed by atoms with Crippen molar-refractivity contribution in [2.45, 2.75) is 71.4 Å². The normalized spacial score (nSPS) is 14.5. The van der Waals surface area contributed by atoms with Crippen LogP contribution in [0.25, 0.3) is 0 Å². The zero-order valence-corrected chi connectivity index (χ0v) is 24.5. The molecule has 3 N–H and O–H groups in total. The maximum Gasteiger partial charge on any atom is 0.0654 e. The van der Waals surface area contributed by atoms with Gasteiger partial charge in [0.1, 0.15) is 0 Å². The smallest absolute Gasteiger partial charge is 0.0654 e. The van der Waals surface area contributed by atoms with Crippen molar-refractivity contribution in [3.8, 4) is 0 Å². The van der Waals surface area contributed by atoms with E-state index < -0.39 is 0 Å². The monoisotopic (exact) mass is 511 g/mol. The summed E-state index contributed by atoms with van der Waals surface area (Å²) < 4.78 is 0. The molecule has 0 aliphatic carbocycles. The largest absolute Gasteiger partial charge is 0.379 e. The van der Waals surface area contributed by atoms with Crippen LogP contribution in [0, 0.1) is 12.8 Å². The first-order valence-corrected chi connectivity index (χ1v) is 13.8. The molecule has 0 radical (unpaired) electrons. The van der Waals surface area contributed by atoms with Gasteiger partial charge >= 0.3 is 0 Å². The predicted octanol–water partition coefficient (Wildman–Crippen LogP) is 7.96. The minimum atomic E-state index is -0.230. The van der Waals surface area contributed by atoms with Crippen molar-refractivity contribution in [1.29, 1.82) is 0 Å². The highest BCUT2D eigenvalue weighted by Crippen LogP contribution is 2.27. The maximum absolute atomic E-state index is 4.44. The Morgan fingerprint density at radius 1 is 1.03 bits per heavy atom. The molecule has 204 valence electrons. The van der Waals surface area contributed by atoms with Gasteiger partial charge in [0.2, 0.25) is 0 Å². The molecule has 2 aromatic rings. The highest BCUT2D eigenvalue weighted by Gasteiger charge is 2.23. The van der Waals surface area contributed by atoms with Gasteiger partial charge in [-0.05, 0) is 77.1 Å². The van der Waals surface area contributed by atoms with Crippen LogP contribution in [0.1, 0.15) is 63.1 Å². The summed E-state index contributed by atoms with van der Waals surface area (Å²) in [5.41, 5.74) is 6.60. The third-order valence-corrected chi connectivity index (χ3v) is 7.43. The standard InChI is InChI=1S/C35H49N3/c1-10-32(25-22-27(4)33(11-2)31-23-20-26(3)21-24-31)37-28(5)34(38-29(6)35(7,8)36-9)19-15-18-30-16-13-12-14-17-30/h10-14,16-17,20-25,27,33-34,36-38H,2,5-6,15,18-19H2,1,3-4,7-9H3/b25-22-,32-10+. The summed E-state index contributed by atoms with van der Waals surface area (Å²) in [5.74, 6) is 0.559. The van der Waals surface area contributed by atoms with Crippen molar-refractivity contribution < 1.29 is 0 Å².